The molecule has 14 heteroatoms. The van der Waals surface area contributed by atoms with E-state index in [4.69, 9.17) is 14.0 Å². The fraction of sp³-hybridized carbons (Fsp3) is 0.809. The highest BCUT2D eigenvalue weighted by atomic mass is 32.3. The third-order valence-corrected chi connectivity index (χ3v) is 11.4. The highest BCUT2D eigenvalue weighted by molar-refractivity contribution is 7.80. The van der Waals surface area contributed by atoms with Crippen molar-refractivity contribution in [1.82, 2.24) is 5.32 Å². The summed E-state index contributed by atoms with van der Waals surface area (Å²) < 4.78 is 47.4. The molecule has 0 aromatic carbocycles. The molecule has 1 rings (SSSR count). The van der Waals surface area contributed by atoms with Crippen LogP contribution in [0.1, 0.15) is 181 Å². The largest absolute Gasteiger partial charge is 0.397 e. The number of carbonyl (C=O) groups excluding carboxylic acids is 1. The van der Waals surface area contributed by atoms with Crippen molar-refractivity contribution in [1.29, 1.82) is 0 Å². The molecule has 8 unspecified atom stereocenters. The van der Waals surface area contributed by atoms with Crippen LogP contribution in [0.3, 0.4) is 0 Å². The molecule has 0 spiro atoms. The maximum absolute atomic E-state index is 13.1. The van der Waals surface area contributed by atoms with Crippen LogP contribution in [0.25, 0.3) is 0 Å². The SMILES string of the molecule is CCCCCC/C=C/CC/C=C/C(O)C(COC1OC(CO)C(O)C(OS(=O)(=O)O)C1O)NC(=O)C(O)CCCCCCCC/C=C\C/C=C\CCCCCCCCCCC. The average Bonchev–Trinajstić information content (AvgIpc) is 3.23. The number of carbonyl (C=O) groups is 1. The molecule has 0 aliphatic carbocycles. The fourth-order valence-electron chi connectivity index (χ4n) is 7.15. The Balaban J connectivity index is 2.50. The van der Waals surface area contributed by atoms with Crippen molar-refractivity contribution in [3.8, 4) is 0 Å². The normalized spacial score (nSPS) is 21.6. The Kier molecular flexibility index (Phi) is 35.0. The molecular formula is C47H85NO12S. The summed E-state index contributed by atoms with van der Waals surface area (Å²) in [4.78, 5) is 13.1. The lowest BCUT2D eigenvalue weighted by molar-refractivity contribution is -0.298. The fourth-order valence-corrected chi connectivity index (χ4v) is 7.66. The third kappa shape index (κ3) is 29.9. The standard InChI is InChI=1S/C47H85NO12S/c1-3-5-7-9-11-13-15-16-17-18-19-20-21-22-23-24-25-26-28-30-32-34-36-41(51)46(54)48-39(40(50)35-33-31-29-27-14-12-10-8-6-4-2)38-58-47-44(53)45(60-61(55,56)57)43(52)42(37-49)59-47/h14,19-20,22-23,27,33,35,39-45,47,49-53H,3-13,15-18,21,24-26,28-32,34,36-38H2,1-2H3,(H,48,54)(H,55,56,57)/b20-19-,23-22-,27-14+,35-33+. The van der Waals surface area contributed by atoms with E-state index in [9.17, 15) is 38.7 Å². The van der Waals surface area contributed by atoms with E-state index < -0.39 is 78.5 Å². The first kappa shape index (κ1) is 57.0. The zero-order valence-corrected chi connectivity index (χ0v) is 38.4. The van der Waals surface area contributed by atoms with Gasteiger partial charge >= 0.3 is 10.4 Å². The molecule has 0 radical (unpaired) electrons. The van der Waals surface area contributed by atoms with Crippen LogP contribution >= 0.6 is 0 Å². The molecule has 1 fully saturated rings. The zero-order valence-electron chi connectivity index (χ0n) is 37.6. The van der Waals surface area contributed by atoms with Gasteiger partial charge in [-0.2, -0.15) is 8.42 Å². The second-order valence-electron chi connectivity index (χ2n) is 16.5. The van der Waals surface area contributed by atoms with Crippen molar-refractivity contribution in [3.05, 3.63) is 48.6 Å². The number of ether oxygens (including phenoxy) is 2. The molecule has 0 bridgehead atoms. The summed E-state index contributed by atoms with van der Waals surface area (Å²) in [6.07, 6.45) is 33.6. The van der Waals surface area contributed by atoms with Gasteiger partial charge in [0.15, 0.2) is 6.29 Å². The van der Waals surface area contributed by atoms with Gasteiger partial charge in [-0.15, -0.1) is 0 Å². The molecule has 1 amide bonds. The molecule has 0 aromatic rings. The molecule has 61 heavy (non-hydrogen) atoms. The minimum Gasteiger partial charge on any atom is -0.394 e. The van der Waals surface area contributed by atoms with Gasteiger partial charge in [-0.25, -0.2) is 4.18 Å². The Morgan fingerprint density at radius 2 is 1.15 bits per heavy atom. The highest BCUT2D eigenvalue weighted by Gasteiger charge is 2.48. The van der Waals surface area contributed by atoms with Gasteiger partial charge in [-0.1, -0.05) is 165 Å². The van der Waals surface area contributed by atoms with E-state index in [1.165, 1.54) is 89.5 Å². The quantitative estimate of drug-likeness (QED) is 0.0177. The Morgan fingerprint density at radius 1 is 0.672 bits per heavy atom. The maximum atomic E-state index is 13.1. The van der Waals surface area contributed by atoms with Crippen molar-refractivity contribution in [2.24, 2.45) is 0 Å². The number of allylic oxidation sites excluding steroid dienone is 7. The molecule has 0 aromatic heterocycles. The number of hydrogen-bond acceptors (Lipinski definition) is 11. The predicted molar refractivity (Wildman–Crippen MR) is 242 cm³/mol. The number of hydrogen-bond donors (Lipinski definition) is 7. The second-order valence-corrected chi connectivity index (χ2v) is 17.5. The van der Waals surface area contributed by atoms with E-state index in [2.05, 4.69) is 59.8 Å². The lowest BCUT2D eigenvalue weighted by Gasteiger charge is -2.41. The summed E-state index contributed by atoms with van der Waals surface area (Å²) in [5, 5.41) is 55.0. The first-order valence-corrected chi connectivity index (χ1v) is 25.0. The van der Waals surface area contributed by atoms with Crippen LogP contribution < -0.4 is 5.32 Å². The van der Waals surface area contributed by atoms with Gasteiger partial charge in [0.05, 0.1) is 25.4 Å². The Labute approximate surface area is 369 Å². The van der Waals surface area contributed by atoms with Crippen LogP contribution in [-0.4, -0.2) is 107 Å². The molecule has 1 aliphatic heterocycles. The van der Waals surface area contributed by atoms with E-state index >= 15 is 0 Å². The number of aliphatic hydroxyl groups excluding tert-OH is 5. The first-order chi connectivity index (χ1) is 29.4. The Morgan fingerprint density at radius 3 is 1.69 bits per heavy atom. The van der Waals surface area contributed by atoms with E-state index in [1.54, 1.807) is 6.08 Å². The van der Waals surface area contributed by atoms with Crippen molar-refractivity contribution >= 4 is 16.3 Å². The molecule has 1 saturated heterocycles. The summed E-state index contributed by atoms with van der Waals surface area (Å²) in [5.74, 6) is -0.724. The number of aliphatic hydroxyl groups is 5. The van der Waals surface area contributed by atoms with Gasteiger partial charge in [0, 0.05) is 0 Å². The first-order valence-electron chi connectivity index (χ1n) is 23.6. The summed E-state index contributed by atoms with van der Waals surface area (Å²) in [5.41, 5.74) is 0. The summed E-state index contributed by atoms with van der Waals surface area (Å²) in [7, 11) is -5.12. The highest BCUT2D eigenvalue weighted by Crippen LogP contribution is 2.26. The molecule has 356 valence electrons. The lowest BCUT2D eigenvalue weighted by Crippen LogP contribution is -2.61. The summed E-state index contributed by atoms with van der Waals surface area (Å²) >= 11 is 0. The molecule has 8 atom stereocenters. The Hall–Kier alpha value is -1.98. The van der Waals surface area contributed by atoms with Crippen molar-refractivity contribution < 1.29 is 57.0 Å². The van der Waals surface area contributed by atoms with Crippen molar-refractivity contribution in [2.45, 2.75) is 230 Å². The van der Waals surface area contributed by atoms with Gasteiger partial charge in [-0.05, 0) is 64.2 Å². The molecule has 7 N–H and O–H groups in total. The molecule has 1 aliphatic rings. The lowest BCUT2D eigenvalue weighted by atomic mass is 9.99. The average molecular weight is 888 g/mol. The van der Waals surface area contributed by atoms with Gasteiger partial charge in [0.2, 0.25) is 5.91 Å². The van der Waals surface area contributed by atoms with Gasteiger partial charge in [0.25, 0.3) is 0 Å². The minimum atomic E-state index is -5.12. The van der Waals surface area contributed by atoms with E-state index in [0.717, 1.165) is 64.2 Å². The maximum Gasteiger partial charge on any atom is 0.397 e. The Bertz CT molecular complexity index is 1290. The van der Waals surface area contributed by atoms with Gasteiger partial charge < -0.3 is 40.3 Å². The van der Waals surface area contributed by atoms with Crippen molar-refractivity contribution in [3.63, 3.8) is 0 Å². The monoisotopic (exact) mass is 888 g/mol. The predicted octanol–water partition coefficient (Wildman–Crippen LogP) is 8.24. The molecule has 0 saturated carbocycles. The topological polar surface area (TPSA) is 212 Å². The van der Waals surface area contributed by atoms with E-state index in [0.29, 0.717) is 12.8 Å². The number of rotatable bonds is 39. The van der Waals surface area contributed by atoms with Crippen LogP contribution in [0.15, 0.2) is 48.6 Å². The van der Waals surface area contributed by atoms with Crippen LogP contribution in [0.4, 0.5) is 0 Å². The minimum absolute atomic E-state index is 0.223. The van der Waals surface area contributed by atoms with Crippen molar-refractivity contribution in [2.75, 3.05) is 13.2 Å². The number of nitrogens with one attached hydrogen (secondary N) is 1. The third-order valence-electron chi connectivity index (χ3n) is 10.9. The molecular weight excluding hydrogens is 803 g/mol. The smallest absolute Gasteiger partial charge is 0.394 e. The second kappa shape index (κ2) is 37.4. The summed E-state index contributed by atoms with van der Waals surface area (Å²) in [6.45, 7) is 3.14. The summed E-state index contributed by atoms with van der Waals surface area (Å²) in [6, 6.07) is -1.14. The zero-order chi connectivity index (χ0) is 45.0. The van der Waals surface area contributed by atoms with E-state index in [1.807, 2.05) is 0 Å². The van der Waals surface area contributed by atoms with Crippen LogP contribution in [0, 0.1) is 0 Å². The number of amides is 1. The molecule has 1 heterocycles. The van der Waals surface area contributed by atoms with Gasteiger partial charge in [-0.3, -0.25) is 9.35 Å². The van der Waals surface area contributed by atoms with E-state index in [-0.39, 0.29) is 6.42 Å². The van der Waals surface area contributed by atoms with Crippen LogP contribution in [0.5, 0.6) is 0 Å². The van der Waals surface area contributed by atoms with Gasteiger partial charge in [0.1, 0.15) is 30.5 Å². The van der Waals surface area contributed by atoms with Crippen LogP contribution in [0.2, 0.25) is 0 Å². The molecule has 13 nitrogen and oxygen atoms in total. The number of unbranched alkanes of at least 4 members (excludes halogenated alkanes) is 20. The van der Waals surface area contributed by atoms with Crippen LogP contribution in [-0.2, 0) is 28.9 Å².